The van der Waals surface area contributed by atoms with Crippen LogP contribution in [-0.4, -0.2) is 39.7 Å². The number of carbonyl (C=O) groups is 2. The zero-order valence-electron chi connectivity index (χ0n) is 14.8. The summed E-state index contributed by atoms with van der Waals surface area (Å²) in [6.07, 6.45) is 4.53. The average Bonchev–Trinajstić information content (AvgIpc) is 3.26. The lowest BCUT2D eigenvalue weighted by atomic mass is 10.1. The van der Waals surface area contributed by atoms with Crippen molar-refractivity contribution in [2.24, 2.45) is 0 Å². The number of aromatic nitrogens is 1. The highest BCUT2D eigenvalue weighted by molar-refractivity contribution is 9.15. The number of carbonyl (C=O) groups excluding carboxylic acids is 2. The van der Waals surface area contributed by atoms with E-state index in [9.17, 15) is 19.7 Å². The molecule has 0 spiro atoms. The summed E-state index contributed by atoms with van der Waals surface area (Å²) < 4.78 is 0.410. The van der Waals surface area contributed by atoms with E-state index >= 15 is 0 Å². The minimum Gasteiger partial charge on any atom is -0.337 e. The van der Waals surface area contributed by atoms with Crippen LogP contribution in [0.3, 0.4) is 0 Å². The highest BCUT2D eigenvalue weighted by atomic mass is 79.9. The third-order valence-corrected chi connectivity index (χ3v) is 6.10. The van der Waals surface area contributed by atoms with Gasteiger partial charge in [-0.1, -0.05) is 0 Å². The molecule has 1 aromatic heterocycles. The first-order chi connectivity index (χ1) is 13.5. The third kappa shape index (κ3) is 4.63. The van der Waals surface area contributed by atoms with Crippen LogP contribution in [0.25, 0.3) is 4.48 Å². The molecule has 0 atom stereocenters. The van der Waals surface area contributed by atoms with Crippen LogP contribution in [0.1, 0.15) is 34.6 Å². The lowest BCUT2D eigenvalue weighted by molar-refractivity contribution is -0.384. The van der Waals surface area contributed by atoms with Gasteiger partial charge in [0.25, 0.3) is 17.5 Å². The molecule has 2 aromatic rings. The van der Waals surface area contributed by atoms with Gasteiger partial charge in [0.1, 0.15) is 10.7 Å². The Bertz CT molecular complexity index is 906. The predicted octanol–water partition coefficient (Wildman–Crippen LogP) is 3.56. The Kier molecular flexibility index (Phi) is 6.53. The van der Waals surface area contributed by atoms with Gasteiger partial charge in [0.05, 0.1) is 9.41 Å². The van der Waals surface area contributed by atoms with Crippen LogP contribution in [0.2, 0.25) is 0 Å². The molecule has 10 heteroatoms. The average molecular weight is 465 g/mol. The molecule has 2 amide bonds. The number of amides is 2. The van der Waals surface area contributed by atoms with Crippen LogP contribution in [0.15, 0.2) is 41.5 Å². The summed E-state index contributed by atoms with van der Waals surface area (Å²) in [5.74, 6) is -0.805. The van der Waals surface area contributed by atoms with Crippen LogP contribution in [0.4, 0.5) is 5.69 Å². The van der Waals surface area contributed by atoms with Gasteiger partial charge in [-0.15, -0.1) is 11.3 Å². The van der Waals surface area contributed by atoms with E-state index in [4.69, 9.17) is 0 Å². The molecule has 28 heavy (non-hydrogen) atoms. The summed E-state index contributed by atoms with van der Waals surface area (Å²) in [6.45, 7) is 1.27. The second-order valence-corrected chi connectivity index (χ2v) is 7.82. The molecule has 0 bridgehead atoms. The van der Waals surface area contributed by atoms with Crippen molar-refractivity contribution in [3.05, 3.63) is 62.2 Å². The summed E-state index contributed by atoms with van der Waals surface area (Å²) in [5, 5.41) is 15.8. The minimum absolute atomic E-state index is 0.110. The molecule has 1 aromatic carbocycles. The van der Waals surface area contributed by atoms with E-state index in [-0.39, 0.29) is 22.9 Å². The topological polar surface area (TPSA) is 105 Å². The van der Waals surface area contributed by atoms with Crippen LogP contribution in [0.5, 0.6) is 0 Å². The normalized spacial score (nSPS) is 15.0. The van der Waals surface area contributed by atoms with E-state index < -0.39 is 10.8 Å². The number of nitrogens with one attached hydrogen (secondary N) is 1. The van der Waals surface area contributed by atoms with Gasteiger partial charge in [-0.3, -0.25) is 19.7 Å². The number of non-ortho nitro benzene ring substituents is 1. The maximum Gasteiger partial charge on any atom is 0.271 e. The van der Waals surface area contributed by atoms with Crippen LogP contribution in [-0.2, 0) is 4.79 Å². The summed E-state index contributed by atoms with van der Waals surface area (Å²) in [5.41, 5.74) is 0.217. The number of halogens is 1. The van der Waals surface area contributed by atoms with Gasteiger partial charge in [-0.05, 0) is 47.3 Å². The van der Waals surface area contributed by atoms with Gasteiger partial charge < -0.3 is 10.2 Å². The molecule has 1 N–H and O–H groups in total. The molecule has 1 aliphatic heterocycles. The van der Waals surface area contributed by atoms with Gasteiger partial charge in [-0.25, -0.2) is 4.98 Å². The second-order valence-electron chi connectivity index (χ2n) is 6.14. The Morgan fingerprint density at radius 1 is 1.18 bits per heavy atom. The first-order valence-electron chi connectivity index (χ1n) is 8.62. The number of nitro benzene ring substituents is 1. The predicted molar refractivity (Wildman–Crippen MR) is 109 cm³/mol. The smallest absolute Gasteiger partial charge is 0.271 e. The minimum atomic E-state index is -0.536. The Balaban J connectivity index is 1.88. The van der Waals surface area contributed by atoms with Gasteiger partial charge in [0.2, 0.25) is 0 Å². The maximum absolute atomic E-state index is 13.1. The molecular weight excluding hydrogens is 448 g/mol. The first kappa shape index (κ1) is 20.2. The number of hydrogen-bond donors (Lipinski definition) is 1. The summed E-state index contributed by atoms with van der Waals surface area (Å²) in [4.78, 5) is 41.9. The van der Waals surface area contributed by atoms with E-state index in [1.807, 2.05) is 0 Å². The van der Waals surface area contributed by atoms with Crippen molar-refractivity contribution in [1.29, 1.82) is 0 Å². The molecule has 1 saturated heterocycles. The standard InChI is InChI=1S/C18H17BrN4O4S/c19-14(17-20-8-11-28-17)15(18(25)22-9-2-1-3-10-22)21-16(24)12-4-6-13(7-5-12)23(26)27/h4-8,11H,1-3,9-10H2,(H,21,24)/b15-14+. The molecule has 2 heterocycles. The highest BCUT2D eigenvalue weighted by Gasteiger charge is 2.26. The summed E-state index contributed by atoms with van der Waals surface area (Å²) >= 11 is 4.75. The fourth-order valence-electron chi connectivity index (χ4n) is 2.82. The number of likely N-dealkylation sites (tertiary alicyclic amines) is 1. The Labute approximate surface area is 173 Å². The third-order valence-electron chi connectivity index (χ3n) is 4.28. The highest BCUT2D eigenvalue weighted by Crippen LogP contribution is 2.28. The molecule has 8 nitrogen and oxygen atoms in total. The second kappa shape index (κ2) is 9.07. The lowest BCUT2D eigenvalue weighted by Gasteiger charge is -2.28. The Morgan fingerprint density at radius 2 is 1.86 bits per heavy atom. The molecule has 0 saturated carbocycles. The van der Waals surface area contributed by atoms with Crippen LogP contribution in [0, 0.1) is 10.1 Å². The fraction of sp³-hybridized carbons (Fsp3) is 0.278. The van der Waals surface area contributed by atoms with Crippen LogP contribution >= 0.6 is 27.3 Å². The Morgan fingerprint density at radius 3 is 2.43 bits per heavy atom. The zero-order valence-corrected chi connectivity index (χ0v) is 17.2. The van der Waals surface area contributed by atoms with E-state index in [1.165, 1.54) is 35.6 Å². The summed E-state index contributed by atoms with van der Waals surface area (Å²) in [6, 6.07) is 5.21. The zero-order chi connectivity index (χ0) is 20.1. The monoisotopic (exact) mass is 464 g/mol. The number of piperidine rings is 1. The van der Waals surface area contributed by atoms with Crippen molar-refractivity contribution in [3.8, 4) is 0 Å². The van der Waals surface area contributed by atoms with Crippen molar-refractivity contribution in [2.45, 2.75) is 19.3 Å². The molecule has 146 valence electrons. The van der Waals surface area contributed by atoms with Crippen molar-refractivity contribution in [3.63, 3.8) is 0 Å². The molecular formula is C18H17BrN4O4S. The SMILES string of the molecule is O=C(N/C(C(=O)N1CCCCC1)=C(/Br)c1nccs1)c1ccc([N+](=O)[O-])cc1. The van der Waals surface area contributed by atoms with Gasteiger partial charge >= 0.3 is 0 Å². The van der Waals surface area contributed by atoms with Gasteiger partial charge in [0.15, 0.2) is 0 Å². The molecule has 1 aliphatic rings. The number of benzene rings is 1. The number of rotatable bonds is 5. The first-order valence-corrected chi connectivity index (χ1v) is 10.3. The van der Waals surface area contributed by atoms with Crippen LogP contribution < -0.4 is 5.32 Å². The number of thiazole rings is 1. The van der Waals surface area contributed by atoms with Gasteiger partial charge in [-0.2, -0.15) is 0 Å². The van der Waals surface area contributed by atoms with Gasteiger partial charge in [0, 0.05) is 42.4 Å². The Hall–Kier alpha value is -2.59. The molecule has 1 fully saturated rings. The molecule has 0 aliphatic carbocycles. The van der Waals surface area contributed by atoms with E-state index in [0.717, 1.165) is 19.3 Å². The number of hydrogen-bond acceptors (Lipinski definition) is 6. The van der Waals surface area contributed by atoms with E-state index in [1.54, 1.807) is 16.5 Å². The van der Waals surface area contributed by atoms with E-state index in [0.29, 0.717) is 22.6 Å². The van der Waals surface area contributed by atoms with E-state index in [2.05, 4.69) is 26.2 Å². The largest absolute Gasteiger partial charge is 0.337 e. The fourth-order valence-corrected chi connectivity index (χ4v) is 4.05. The lowest BCUT2D eigenvalue weighted by Crippen LogP contribution is -2.41. The van der Waals surface area contributed by atoms with Crippen molar-refractivity contribution in [1.82, 2.24) is 15.2 Å². The molecule has 0 unspecified atom stereocenters. The van der Waals surface area contributed by atoms with Crippen molar-refractivity contribution in [2.75, 3.05) is 13.1 Å². The number of nitro groups is 1. The van der Waals surface area contributed by atoms with Crippen molar-refractivity contribution >= 4 is 49.3 Å². The maximum atomic E-state index is 13.1. The molecule has 3 rings (SSSR count). The molecule has 0 radical (unpaired) electrons. The number of nitrogens with zero attached hydrogens (tertiary/aromatic N) is 3. The van der Waals surface area contributed by atoms with Crippen molar-refractivity contribution < 1.29 is 14.5 Å². The summed E-state index contributed by atoms with van der Waals surface area (Å²) in [7, 11) is 0. The quantitative estimate of drug-likeness (QED) is 0.413.